The van der Waals surface area contributed by atoms with Crippen molar-refractivity contribution in [2.45, 2.75) is 34.9 Å². The third-order valence-electron chi connectivity index (χ3n) is 5.62. The maximum atomic E-state index is 13.5. The molecule has 0 bridgehead atoms. The Kier molecular flexibility index (Phi) is 8.59. The van der Waals surface area contributed by atoms with Crippen LogP contribution in [0.15, 0.2) is 64.4 Å². The summed E-state index contributed by atoms with van der Waals surface area (Å²) in [6, 6.07) is 9.33. The molecule has 1 saturated heterocycles. The van der Waals surface area contributed by atoms with E-state index in [0.717, 1.165) is 24.3 Å². The SMILES string of the molecule is NC(=O)CN1CCC(NS(=O)(=O)CC=Cc2cc(S(=O)(=O)c3ccccc3)ccc2C(F)(F)F)CC1. The number of likely N-dealkylation sites (tertiary alicyclic amines) is 1. The van der Waals surface area contributed by atoms with E-state index in [1.807, 2.05) is 4.90 Å². The number of carbonyl (C=O) groups is 1. The molecule has 2 aromatic rings. The lowest BCUT2D eigenvalue weighted by atomic mass is 10.1. The Morgan fingerprint density at radius 3 is 2.25 bits per heavy atom. The highest BCUT2D eigenvalue weighted by Gasteiger charge is 2.34. The van der Waals surface area contributed by atoms with Crippen LogP contribution in [0.5, 0.6) is 0 Å². The minimum atomic E-state index is -4.77. The summed E-state index contributed by atoms with van der Waals surface area (Å²) in [6.07, 6.45) is -1.86. The zero-order valence-electron chi connectivity index (χ0n) is 19.1. The second-order valence-corrected chi connectivity index (χ2v) is 12.1. The smallest absolute Gasteiger partial charge is 0.369 e. The standard InChI is InChI=1S/C23H26F3N3O5S2/c24-23(25,26)21-9-8-20(36(33,34)19-6-2-1-3-7-19)15-17(21)5-4-14-35(31,32)28-18-10-12-29(13-11-18)16-22(27)30/h1-9,15,18,28H,10-14,16H2,(H2,27,30). The van der Waals surface area contributed by atoms with E-state index in [1.54, 1.807) is 6.07 Å². The molecule has 3 rings (SSSR count). The average molecular weight is 546 g/mol. The van der Waals surface area contributed by atoms with Gasteiger partial charge in [0.2, 0.25) is 25.8 Å². The molecule has 13 heteroatoms. The molecule has 2 aromatic carbocycles. The van der Waals surface area contributed by atoms with E-state index < -0.39 is 48.8 Å². The number of hydrogen-bond acceptors (Lipinski definition) is 6. The Bertz CT molecular complexity index is 1320. The molecule has 1 amide bonds. The van der Waals surface area contributed by atoms with Crippen molar-refractivity contribution in [1.82, 2.24) is 9.62 Å². The van der Waals surface area contributed by atoms with Crippen molar-refractivity contribution in [2.75, 3.05) is 25.4 Å². The molecule has 8 nitrogen and oxygen atoms in total. The molecule has 0 unspecified atom stereocenters. The molecule has 1 aliphatic rings. The summed E-state index contributed by atoms with van der Waals surface area (Å²) in [6.45, 7) is 1.04. The summed E-state index contributed by atoms with van der Waals surface area (Å²) in [5.74, 6) is -1.07. The minimum absolute atomic E-state index is 0.0756. The van der Waals surface area contributed by atoms with Gasteiger partial charge < -0.3 is 5.73 Å². The van der Waals surface area contributed by atoms with Gasteiger partial charge >= 0.3 is 6.18 Å². The van der Waals surface area contributed by atoms with Crippen molar-refractivity contribution in [3.05, 3.63) is 65.7 Å². The van der Waals surface area contributed by atoms with Gasteiger partial charge in [0, 0.05) is 19.1 Å². The van der Waals surface area contributed by atoms with Crippen molar-refractivity contribution in [2.24, 2.45) is 5.73 Å². The number of rotatable bonds is 9. The molecule has 0 aliphatic carbocycles. The second-order valence-electron chi connectivity index (χ2n) is 8.38. The lowest BCUT2D eigenvalue weighted by Crippen LogP contribution is -2.47. The summed E-state index contributed by atoms with van der Waals surface area (Å²) < 4.78 is 93.8. The number of primary amides is 1. The van der Waals surface area contributed by atoms with Crippen LogP contribution in [0, 0.1) is 0 Å². The molecule has 0 aromatic heterocycles. The van der Waals surface area contributed by atoms with Gasteiger partial charge in [-0.3, -0.25) is 9.69 Å². The molecular weight excluding hydrogens is 519 g/mol. The number of hydrogen-bond donors (Lipinski definition) is 2. The van der Waals surface area contributed by atoms with Crippen LogP contribution in [0.3, 0.4) is 0 Å². The van der Waals surface area contributed by atoms with Crippen LogP contribution in [0.1, 0.15) is 24.0 Å². The normalized spacial score (nSPS) is 16.4. The molecule has 196 valence electrons. The van der Waals surface area contributed by atoms with Crippen molar-refractivity contribution in [1.29, 1.82) is 0 Å². The molecule has 1 fully saturated rings. The van der Waals surface area contributed by atoms with Gasteiger partial charge in [-0.25, -0.2) is 21.6 Å². The van der Waals surface area contributed by atoms with Gasteiger partial charge in [0.1, 0.15) is 0 Å². The topological polar surface area (TPSA) is 127 Å². The molecule has 1 heterocycles. The number of nitrogens with zero attached hydrogens (tertiary/aromatic N) is 1. The molecule has 0 spiro atoms. The van der Waals surface area contributed by atoms with E-state index in [0.29, 0.717) is 32.0 Å². The van der Waals surface area contributed by atoms with E-state index >= 15 is 0 Å². The minimum Gasteiger partial charge on any atom is -0.369 e. The summed E-state index contributed by atoms with van der Waals surface area (Å²) in [7, 11) is -7.94. The Morgan fingerprint density at radius 1 is 1.03 bits per heavy atom. The fourth-order valence-electron chi connectivity index (χ4n) is 3.87. The summed E-state index contributed by atoms with van der Waals surface area (Å²) in [5.41, 5.74) is 3.61. The quantitative estimate of drug-likeness (QED) is 0.499. The number of sulfone groups is 1. The predicted octanol–water partition coefficient (Wildman–Crippen LogP) is 2.42. The third-order valence-corrected chi connectivity index (χ3v) is 8.71. The molecule has 0 radical (unpaired) electrons. The fourth-order valence-corrected chi connectivity index (χ4v) is 6.38. The van der Waals surface area contributed by atoms with Gasteiger partial charge in [-0.05, 0) is 48.7 Å². The van der Waals surface area contributed by atoms with Gasteiger partial charge in [0.25, 0.3) is 0 Å². The highest BCUT2D eigenvalue weighted by Crippen LogP contribution is 2.35. The Balaban J connectivity index is 1.76. The van der Waals surface area contributed by atoms with Gasteiger partial charge in [-0.1, -0.05) is 30.4 Å². The van der Waals surface area contributed by atoms with Crippen molar-refractivity contribution in [3.8, 4) is 0 Å². The van der Waals surface area contributed by atoms with E-state index in [4.69, 9.17) is 5.73 Å². The number of nitrogens with two attached hydrogens (primary N) is 1. The molecular formula is C23H26F3N3O5S2. The highest BCUT2D eigenvalue weighted by atomic mass is 32.2. The van der Waals surface area contributed by atoms with Crippen LogP contribution in [-0.2, 0) is 30.8 Å². The van der Waals surface area contributed by atoms with Gasteiger partial charge in [-0.15, -0.1) is 0 Å². The lowest BCUT2D eigenvalue weighted by Gasteiger charge is -2.31. The van der Waals surface area contributed by atoms with Gasteiger partial charge in [0.05, 0.1) is 27.7 Å². The first kappa shape index (κ1) is 27.8. The van der Waals surface area contributed by atoms with E-state index in [1.165, 1.54) is 24.3 Å². The van der Waals surface area contributed by atoms with Gasteiger partial charge in [0.15, 0.2) is 0 Å². The van der Waals surface area contributed by atoms with Crippen LogP contribution in [0.25, 0.3) is 6.08 Å². The first-order valence-electron chi connectivity index (χ1n) is 11.0. The molecule has 3 N–H and O–H groups in total. The van der Waals surface area contributed by atoms with Crippen molar-refractivity contribution in [3.63, 3.8) is 0 Å². The number of halogens is 3. The predicted molar refractivity (Wildman–Crippen MR) is 128 cm³/mol. The summed E-state index contributed by atoms with van der Waals surface area (Å²) in [5, 5.41) is 0. The fraction of sp³-hybridized carbons (Fsp3) is 0.348. The Morgan fingerprint density at radius 2 is 1.67 bits per heavy atom. The number of nitrogens with one attached hydrogen (secondary N) is 1. The van der Waals surface area contributed by atoms with Crippen molar-refractivity contribution >= 4 is 31.8 Å². The summed E-state index contributed by atoms with van der Waals surface area (Å²) in [4.78, 5) is 12.4. The molecule has 1 aliphatic heterocycles. The zero-order chi connectivity index (χ0) is 26.6. The maximum Gasteiger partial charge on any atom is 0.416 e. The number of amides is 1. The highest BCUT2D eigenvalue weighted by molar-refractivity contribution is 7.91. The van der Waals surface area contributed by atoms with Crippen LogP contribution >= 0.6 is 0 Å². The maximum absolute atomic E-state index is 13.5. The first-order chi connectivity index (χ1) is 16.8. The molecule has 36 heavy (non-hydrogen) atoms. The Labute approximate surface area is 208 Å². The largest absolute Gasteiger partial charge is 0.416 e. The average Bonchev–Trinajstić information content (AvgIpc) is 2.79. The number of piperidine rings is 1. The number of carbonyl (C=O) groups excluding carboxylic acids is 1. The number of sulfonamides is 1. The monoisotopic (exact) mass is 545 g/mol. The van der Waals surface area contributed by atoms with E-state index in [9.17, 15) is 34.8 Å². The van der Waals surface area contributed by atoms with E-state index in [-0.39, 0.29) is 22.4 Å². The lowest BCUT2D eigenvalue weighted by molar-refractivity contribution is -0.137. The van der Waals surface area contributed by atoms with Crippen LogP contribution in [-0.4, -0.2) is 59.1 Å². The van der Waals surface area contributed by atoms with Gasteiger partial charge in [-0.2, -0.15) is 13.2 Å². The van der Waals surface area contributed by atoms with Crippen LogP contribution < -0.4 is 10.5 Å². The zero-order valence-corrected chi connectivity index (χ0v) is 20.7. The molecule has 0 atom stereocenters. The summed E-state index contributed by atoms with van der Waals surface area (Å²) >= 11 is 0. The van der Waals surface area contributed by atoms with Crippen LogP contribution in [0.4, 0.5) is 13.2 Å². The third kappa shape index (κ3) is 7.38. The second kappa shape index (κ2) is 11.1. The van der Waals surface area contributed by atoms with Crippen molar-refractivity contribution < 1.29 is 34.8 Å². The van der Waals surface area contributed by atoms with Crippen LogP contribution in [0.2, 0.25) is 0 Å². The number of alkyl halides is 3. The molecule has 0 saturated carbocycles. The Hall–Kier alpha value is -2.74. The number of benzene rings is 2. The first-order valence-corrected chi connectivity index (χ1v) is 14.1. The van der Waals surface area contributed by atoms with E-state index in [2.05, 4.69) is 4.72 Å².